The molecule has 1 unspecified atom stereocenters. The number of carbonyl (C=O) groups is 2. The summed E-state index contributed by atoms with van der Waals surface area (Å²) in [6.07, 6.45) is 1.93. The largest absolute Gasteiger partial charge is 0.481 e. The molecule has 36 heavy (non-hydrogen) atoms. The van der Waals surface area contributed by atoms with Gasteiger partial charge in [-0.15, -0.1) is 0 Å². The van der Waals surface area contributed by atoms with Gasteiger partial charge >= 0.3 is 5.97 Å². The molecule has 0 aliphatic rings. The number of amides is 1. The fourth-order valence-electron chi connectivity index (χ4n) is 4.12. The lowest BCUT2D eigenvalue weighted by Crippen LogP contribution is -2.26. The molecule has 0 radical (unpaired) electrons. The van der Waals surface area contributed by atoms with Crippen LogP contribution in [0.2, 0.25) is 5.02 Å². The van der Waals surface area contributed by atoms with Crippen LogP contribution in [0, 0.1) is 5.82 Å². The molecule has 2 N–H and O–H groups in total. The highest BCUT2D eigenvalue weighted by Gasteiger charge is 2.15. The Morgan fingerprint density at radius 2 is 1.72 bits per heavy atom. The number of pyridine rings is 1. The van der Waals surface area contributed by atoms with Crippen molar-refractivity contribution in [3.05, 3.63) is 100 Å². The zero-order valence-electron chi connectivity index (χ0n) is 19.8. The lowest BCUT2D eigenvalue weighted by atomic mass is 9.98. The molecule has 1 amide bonds. The van der Waals surface area contributed by atoms with E-state index in [9.17, 15) is 14.0 Å². The summed E-state index contributed by atoms with van der Waals surface area (Å²) in [5.74, 6) is -1.36. The first-order valence-corrected chi connectivity index (χ1v) is 12.2. The topological polar surface area (TPSA) is 79.3 Å². The molecule has 0 spiro atoms. The summed E-state index contributed by atoms with van der Waals surface area (Å²) in [5, 5.41) is 13.4. The summed E-state index contributed by atoms with van der Waals surface area (Å²) in [7, 11) is 0. The molecule has 0 aliphatic heterocycles. The van der Waals surface area contributed by atoms with Crippen molar-refractivity contribution >= 4 is 34.4 Å². The van der Waals surface area contributed by atoms with Crippen molar-refractivity contribution < 1.29 is 19.1 Å². The van der Waals surface area contributed by atoms with Crippen LogP contribution in [-0.4, -0.2) is 22.0 Å². The predicted molar refractivity (Wildman–Crippen MR) is 140 cm³/mol. The van der Waals surface area contributed by atoms with Crippen molar-refractivity contribution in [3.63, 3.8) is 0 Å². The average Bonchev–Trinajstić information content (AvgIpc) is 2.86. The first-order chi connectivity index (χ1) is 17.3. The van der Waals surface area contributed by atoms with Crippen LogP contribution in [-0.2, 0) is 11.2 Å². The third-order valence-corrected chi connectivity index (χ3v) is 6.33. The molecule has 0 fully saturated rings. The molecule has 1 aromatic heterocycles. The van der Waals surface area contributed by atoms with Gasteiger partial charge in [-0.3, -0.25) is 9.59 Å². The molecule has 184 valence electrons. The number of rotatable bonds is 9. The number of carbonyl (C=O) groups excluding carboxylic acids is 1. The van der Waals surface area contributed by atoms with E-state index in [0.29, 0.717) is 35.4 Å². The van der Waals surface area contributed by atoms with Crippen molar-refractivity contribution in [1.29, 1.82) is 0 Å². The second-order valence-electron chi connectivity index (χ2n) is 8.76. The Balaban J connectivity index is 1.62. The molecule has 7 heteroatoms. The molecular weight excluding hydrogens is 479 g/mol. The zero-order chi connectivity index (χ0) is 25.7. The van der Waals surface area contributed by atoms with E-state index in [2.05, 4.69) is 5.32 Å². The summed E-state index contributed by atoms with van der Waals surface area (Å²) >= 11 is 5.96. The molecule has 0 saturated carbocycles. The Hall–Kier alpha value is -3.77. The summed E-state index contributed by atoms with van der Waals surface area (Å²) in [6.45, 7) is 1.91. The predicted octanol–water partition coefficient (Wildman–Crippen LogP) is 6.98. The van der Waals surface area contributed by atoms with Gasteiger partial charge in [0.1, 0.15) is 5.82 Å². The number of nitrogens with zero attached hydrogens (tertiary/aromatic N) is 1. The molecule has 1 atom stereocenters. The molecule has 3 aromatic carbocycles. The van der Waals surface area contributed by atoms with Gasteiger partial charge in [-0.2, -0.15) is 0 Å². The van der Waals surface area contributed by atoms with Gasteiger partial charge in [0, 0.05) is 28.0 Å². The maximum absolute atomic E-state index is 13.5. The standard InChI is InChI=1S/C29H26ClFN2O3/c1-18(19-6-11-24(30)12-7-19)32-29(36)22-10-15-26-23(17-22)16-21(4-2-3-5-27(34)35)28(33-26)20-8-13-25(31)14-9-20/h6-18H,2-5H2,1H3,(H,32,36)(H,34,35). The Morgan fingerprint density at radius 1 is 1.00 bits per heavy atom. The number of halogens is 2. The van der Waals surface area contributed by atoms with Crippen LogP contribution in [0.15, 0.2) is 72.8 Å². The van der Waals surface area contributed by atoms with Gasteiger partial charge in [-0.25, -0.2) is 9.37 Å². The fraction of sp³-hybridized carbons (Fsp3) is 0.207. The molecule has 5 nitrogen and oxygen atoms in total. The fourth-order valence-corrected chi connectivity index (χ4v) is 4.24. The van der Waals surface area contributed by atoms with Gasteiger partial charge in [-0.1, -0.05) is 23.7 Å². The van der Waals surface area contributed by atoms with Crippen molar-refractivity contribution in [2.75, 3.05) is 0 Å². The monoisotopic (exact) mass is 504 g/mol. The minimum absolute atomic E-state index is 0.100. The second-order valence-corrected chi connectivity index (χ2v) is 9.19. The Bertz CT molecular complexity index is 1390. The summed E-state index contributed by atoms with van der Waals surface area (Å²) in [6, 6.07) is 20.6. The van der Waals surface area contributed by atoms with E-state index in [0.717, 1.165) is 27.8 Å². The number of unbranched alkanes of at least 4 members (excludes halogenated alkanes) is 1. The molecular formula is C29H26ClFN2O3. The normalized spacial score (nSPS) is 11.9. The van der Waals surface area contributed by atoms with Gasteiger partial charge < -0.3 is 10.4 Å². The van der Waals surface area contributed by atoms with E-state index in [1.807, 2.05) is 25.1 Å². The summed E-state index contributed by atoms with van der Waals surface area (Å²) in [5.41, 5.74) is 4.60. The van der Waals surface area contributed by atoms with Crippen LogP contribution >= 0.6 is 11.6 Å². The van der Waals surface area contributed by atoms with Crippen LogP contribution in [0.5, 0.6) is 0 Å². The first-order valence-electron chi connectivity index (χ1n) is 11.8. The number of hydrogen-bond donors (Lipinski definition) is 2. The summed E-state index contributed by atoms with van der Waals surface area (Å²) in [4.78, 5) is 28.7. The lowest BCUT2D eigenvalue weighted by Gasteiger charge is -2.15. The number of nitrogens with one attached hydrogen (secondary N) is 1. The average molecular weight is 505 g/mol. The second kappa shape index (κ2) is 11.3. The number of aliphatic carboxylic acids is 1. The lowest BCUT2D eigenvalue weighted by molar-refractivity contribution is -0.137. The minimum atomic E-state index is -0.825. The number of hydrogen-bond acceptors (Lipinski definition) is 3. The number of fused-ring (bicyclic) bond motifs is 1. The van der Waals surface area contributed by atoms with Gasteiger partial charge in [0.05, 0.1) is 17.3 Å². The SMILES string of the molecule is CC(NC(=O)c1ccc2nc(-c3ccc(F)cc3)c(CCCCC(=O)O)cc2c1)c1ccc(Cl)cc1. The van der Waals surface area contributed by atoms with E-state index < -0.39 is 5.97 Å². The van der Waals surface area contributed by atoms with E-state index in [1.165, 1.54) is 12.1 Å². The number of benzene rings is 3. The van der Waals surface area contributed by atoms with Crippen LogP contribution in [0.1, 0.15) is 53.7 Å². The van der Waals surface area contributed by atoms with E-state index in [4.69, 9.17) is 21.7 Å². The van der Waals surface area contributed by atoms with Crippen LogP contribution in [0.3, 0.4) is 0 Å². The number of aromatic nitrogens is 1. The third kappa shape index (κ3) is 6.26. The molecule has 0 aliphatic carbocycles. The van der Waals surface area contributed by atoms with Crippen molar-refractivity contribution in [2.45, 2.75) is 38.6 Å². The Kier molecular flexibility index (Phi) is 7.96. The quantitative estimate of drug-likeness (QED) is 0.241. The molecule has 4 aromatic rings. The molecule has 0 saturated heterocycles. The minimum Gasteiger partial charge on any atom is -0.481 e. The zero-order valence-corrected chi connectivity index (χ0v) is 20.6. The molecule has 0 bridgehead atoms. The van der Waals surface area contributed by atoms with E-state index in [1.54, 1.807) is 42.5 Å². The molecule has 1 heterocycles. The van der Waals surface area contributed by atoms with Crippen LogP contribution in [0.4, 0.5) is 4.39 Å². The highest BCUT2D eigenvalue weighted by atomic mass is 35.5. The van der Waals surface area contributed by atoms with Gasteiger partial charge in [0.25, 0.3) is 5.91 Å². The van der Waals surface area contributed by atoms with Crippen LogP contribution in [0.25, 0.3) is 22.2 Å². The first kappa shape index (κ1) is 25.3. The number of aryl methyl sites for hydroxylation is 1. The maximum Gasteiger partial charge on any atom is 0.303 e. The Morgan fingerprint density at radius 3 is 2.42 bits per heavy atom. The van der Waals surface area contributed by atoms with E-state index in [-0.39, 0.29) is 24.2 Å². The van der Waals surface area contributed by atoms with Crippen molar-refractivity contribution in [2.24, 2.45) is 0 Å². The van der Waals surface area contributed by atoms with Gasteiger partial charge in [0.15, 0.2) is 0 Å². The van der Waals surface area contributed by atoms with Crippen LogP contribution < -0.4 is 5.32 Å². The van der Waals surface area contributed by atoms with Gasteiger partial charge in [0.2, 0.25) is 0 Å². The summed E-state index contributed by atoms with van der Waals surface area (Å²) < 4.78 is 13.5. The van der Waals surface area contributed by atoms with Gasteiger partial charge in [-0.05, 0) is 98.0 Å². The highest BCUT2D eigenvalue weighted by Crippen LogP contribution is 2.28. The third-order valence-electron chi connectivity index (χ3n) is 6.08. The number of carboxylic acids is 1. The molecule has 4 rings (SSSR count). The van der Waals surface area contributed by atoms with Crippen molar-refractivity contribution in [3.8, 4) is 11.3 Å². The highest BCUT2D eigenvalue weighted by molar-refractivity contribution is 6.30. The van der Waals surface area contributed by atoms with Crippen molar-refractivity contribution in [1.82, 2.24) is 10.3 Å². The number of carboxylic acid groups (broad SMARTS) is 1. The maximum atomic E-state index is 13.5. The van der Waals surface area contributed by atoms with E-state index >= 15 is 0 Å². The smallest absolute Gasteiger partial charge is 0.303 e. The Labute approximate surface area is 214 Å².